The fourth-order valence-electron chi connectivity index (χ4n) is 3.59. The Kier molecular flexibility index (Phi) is 5.48. The normalized spacial score (nSPS) is 12.9. The molecule has 1 aromatic heterocycles. The lowest BCUT2D eigenvalue weighted by atomic mass is 10.1. The molecule has 6 nitrogen and oxygen atoms in total. The van der Waals surface area contributed by atoms with Gasteiger partial charge in [0, 0.05) is 18.8 Å². The number of benzene rings is 2. The van der Waals surface area contributed by atoms with E-state index in [0.717, 1.165) is 11.3 Å². The van der Waals surface area contributed by atoms with Crippen LogP contribution >= 0.6 is 0 Å². The van der Waals surface area contributed by atoms with Crippen molar-refractivity contribution in [1.82, 2.24) is 4.90 Å². The third kappa shape index (κ3) is 3.76. The number of rotatable bonds is 7. The number of anilines is 1. The Hall–Kier alpha value is -3.67. The highest BCUT2D eigenvalue weighted by Gasteiger charge is 2.34. The van der Waals surface area contributed by atoms with Gasteiger partial charge in [-0.2, -0.15) is 0 Å². The summed E-state index contributed by atoms with van der Waals surface area (Å²) in [4.78, 5) is 40.8. The molecule has 0 bridgehead atoms. The summed E-state index contributed by atoms with van der Waals surface area (Å²) in [5.74, 6) is -0.448. The van der Waals surface area contributed by atoms with Crippen LogP contribution in [-0.2, 0) is 0 Å². The second-order valence-electron chi connectivity index (χ2n) is 7.28. The fraction of sp³-hybridized carbons (Fsp3) is 0.208. The van der Waals surface area contributed by atoms with E-state index in [1.807, 2.05) is 31.2 Å². The zero-order valence-electron chi connectivity index (χ0n) is 16.7. The standard InChI is InChI=1S/C24H22N2O4/c1-17-10-12-18(13-11-17)25(24(29)21-9-6-16-30-21)14-4-5-15-26-22(27)19-7-2-3-8-20(19)23(26)28/h2-3,6-13,16H,4-5,14-15H2,1H3. The van der Waals surface area contributed by atoms with Gasteiger partial charge in [0.2, 0.25) is 0 Å². The summed E-state index contributed by atoms with van der Waals surface area (Å²) in [6.45, 7) is 2.76. The lowest BCUT2D eigenvalue weighted by Crippen LogP contribution is -2.33. The van der Waals surface area contributed by atoms with Crippen LogP contribution in [0.1, 0.15) is 49.7 Å². The van der Waals surface area contributed by atoms with Crippen LogP contribution in [0.4, 0.5) is 5.69 Å². The Labute approximate surface area is 174 Å². The van der Waals surface area contributed by atoms with Crippen molar-refractivity contribution in [1.29, 1.82) is 0 Å². The predicted octanol–water partition coefficient (Wildman–Crippen LogP) is 4.31. The van der Waals surface area contributed by atoms with Crippen molar-refractivity contribution in [2.45, 2.75) is 19.8 Å². The highest BCUT2D eigenvalue weighted by molar-refractivity contribution is 6.21. The Balaban J connectivity index is 1.41. The minimum absolute atomic E-state index is 0.218. The molecule has 4 rings (SSSR count). The SMILES string of the molecule is Cc1ccc(N(CCCCN2C(=O)c3ccccc3C2=O)C(=O)c2ccco2)cc1. The van der Waals surface area contributed by atoms with E-state index in [1.54, 1.807) is 41.3 Å². The maximum Gasteiger partial charge on any atom is 0.293 e. The van der Waals surface area contributed by atoms with Crippen molar-refractivity contribution in [2.75, 3.05) is 18.0 Å². The van der Waals surface area contributed by atoms with Gasteiger partial charge in [-0.3, -0.25) is 19.3 Å². The molecule has 0 unspecified atom stereocenters. The van der Waals surface area contributed by atoms with E-state index >= 15 is 0 Å². The number of nitrogens with zero attached hydrogens (tertiary/aromatic N) is 2. The molecule has 0 N–H and O–H groups in total. The number of fused-ring (bicyclic) bond motifs is 1. The molecule has 0 spiro atoms. The monoisotopic (exact) mass is 402 g/mol. The van der Waals surface area contributed by atoms with Gasteiger partial charge in [-0.15, -0.1) is 0 Å². The summed E-state index contributed by atoms with van der Waals surface area (Å²) in [6, 6.07) is 17.9. The molecule has 2 aromatic carbocycles. The van der Waals surface area contributed by atoms with Gasteiger partial charge in [-0.05, 0) is 56.2 Å². The lowest BCUT2D eigenvalue weighted by Gasteiger charge is -2.22. The molecule has 152 valence electrons. The van der Waals surface area contributed by atoms with Crippen molar-refractivity contribution >= 4 is 23.4 Å². The summed E-state index contributed by atoms with van der Waals surface area (Å²) in [6.07, 6.45) is 2.70. The van der Waals surface area contributed by atoms with Gasteiger partial charge >= 0.3 is 0 Å². The number of carbonyl (C=O) groups excluding carboxylic acids is 3. The van der Waals surface area contributed by atoms with Gasteiger partial charge < -0.3 is 9.32 Å². The molecule has 3 amide bonds. The van der Waals surface area contributed by atoms with Gasteiger partial charge in [0.15, 0.2) is 5.76 Å². The zero-order valence-corrected chi connectivity index (χ0v) is 16.7. The highest BCUT2D eigenvalue weighted by atomic mass is 16.3. The first kappa shape index (κ1) is 19.6. The van der Waals surface area contributed by atoms with Crippen LogP contribution in [0.5, 0.6) is 0 Å². The van der Waals surface area contributed by atoms with Crippen LogP contribution in [0.2, 0.25) is 0 Å². The van der Waals surface area contributed by atoms with Crippen molar-refractivity contribution in [3.05, 3.63) is 89.4 Å². The summed E-state index contributed by atoms with van der Waals surface area (Å²) in [5.41, 5.74) is 2.80. The molecule has 1 aliphatic heterocycles. The Morgan fingerprint density at radius 2 is 1.57 bits per heavy atom. The van der Waals surface area contributed by atoms with E-state index in [2.05, 4.69) is 0 Å². The van der Waals surface area contributed by atoms with Crippen LogP contribution in [0.15, 0.2) is 71.3 Å². The number of aryl methyl sites for hydroxylation is 1. The summed E-state index contributed by atoms with van der Waals surface area (Å²) in [7, 11) is 0. The number of furan rings is 1. The number of carbonyl (C=O) groups is 3. The number of hydrogen-bond acceptors (Lipinski definition) is 4. The molecule has 0 radical (unpaired) electrons. The number of imide groups is 1. The van der Waals surface area contributed by atoms with Gasteiger partial charge in [0.25, 0.3) is 17.7 Å². The van der Waals surface area contributed by atoms with Crippen molar-refractivity contribution in [2.24, 2.45) is 0 Å². The molecule has 0 saturated heterocycles. The van der Waals surface area contributed by atoms with Crippen molar-refractivity contribution in [3.8, 4) is 0 Å². The number of unbranched alkanes of at least 4 members (excludes halogenated alkanes) is 1. The van der Waals surface area contributed by atoms with E-state index in [0.29, 0.717) is 37.1 Å². The maximum absolute atomic E-state index is 12.9. The second kappa shape index (κ2) is 8.37. The first-order chi connectivity index (χ1) is 14.6. The third-order valence-corrected chi connectivity index (χ3v) is 5.21. The Bertz CT molecular complexity index is 1040. The minimum atomic E-state index is -0.252. The predicted molar refractivity (Wildman–Crippen MR) is 113 cm³/mol. The average Bonchev–Trinajstić information content (AvgIpc) is 3.38. The molecule has 0 fully saturated rings. The molecule has 2 heterocycles. The van der Waals surface area contributed by atoms with Crippen LogP contribution in [-0.4, -0.2) is 35.7 Å². The van der Waals surface area contributed by atoms with E-state index in [9.17, 15) is 14.4 Å². The van der Waals surface area contributed by atoms with Crippen LogP contribution in [0, 0.1) is 6.92 Å². The molecule has 6 heteroatoms. The molecular weight excluding hydrogens is 380 g/mol. The quantitative estimate of drug-likeness (QED) is 0.436. The molecule has 30 heavy (non-hydrogen) atoms. The number of amides is 3. The van der Waals surface area contributed by atoms with Gasteiger partial charge in [0.05, 0.1) is 17.4 Å². The molecule has 0 saturated carbocycles. The van der Waals surface area contributed by atoms with E-state index < -0.39 is 0 Å². The van der Waals surface area contributed by atoms with Crippen LogP contribution in [0.25, 0.3) is 0 Å². The molecule has 1 aliphatic rings. The highest BCUT2D eigenvalue weighted by Crippen LogP contribution is 2.23. The molecule has 0 atom stereocenters. The summed E-state index contributed by atoms with van der Waals surface area (Å²) < 4.78 is 5.28. The first-order valence-electron chi connectivity index (χ1n) is 9.93. The van der Waals surface area contributed by atoms with Crippen molar-refractivity contribution in [3.63, 3.8) is 0 Å². The summed E-state index contributed by atoms with van der Waals surface area (Å²) in [5, 5.41) is 0. The molecular formula is C24H22N2O4. The van der Waals surface area contributed by atoms with Gasteiger partial charge in [-0.1, -0.05) is 29.8 Å². The minimum Gasteiger partial charge on any atom is -0.459 e. The fourth-order valence-corrected chi connectivity index (χ4v) is 3.59. The lowest BCUT2D eigenvalue weighted by molar-refractivity contribution is 0.0651. The second-order valence-corrected chi connectivity index (χ2v) is 7.28. The topological polar surface area (TPSA) is 70.8 Å². The molecule has 3 aromatic rings. The maximum atomic E-state index is 12.9. The van der Waals surface area contributed by atoms with Gasteiger partial charge in [-0.25, -0.2) is 0 Å². The van der Waals surface area contributed by atoms with Crippen LogP contribution in [0.3, 0.4) is 0 Å². The van der Waals surface area contributed by atoms with Crippen molar-refractivity contribution < 1.29 is 18.8 Å². The van der Waals surface area contributed by atoms with E-state index in [4.69, 9.17) is 4.42 Å². The Morgan fingerprint density at radius 1 is 0.900 bits per heavy atom. The largest absolute Gasteiger partial charge is 0.459 e. The van der Waals surface area contributed by atoms with E-state index in [1.165, 1.54) is 11.2 Å². The smallest absolute Gasteiger partial charge is 0.293 e. The van der Waals surface area contributed by atoms with Crippen LogP contribution < -0.4 is 4.90 Å². The summed E-state index contributed by atoms with van der Waals surface area (Å²) >= 11 is 0. The Morgan fingerprint density at radius 3 is 2.17 bits per heavy atom. The average molecular weight is 402 g/mol. The first-order valence-corrected chi connectivity index (χ1v) is 9.93. The van der Waals surface area contributed by atoms with E-state index in [-0.39, 0.29) is 23.5 Å². The van der Waals surface area contributed by atoms with Gasteiger partial charge in [0.1, 0.15) is 0 Å². The zero-order chi connectivity index (χ0) is 21.1. The third-order valence-electron chi connectivity index (χ3n) is 5.21. The molecule has 0 aliphatic carbocycles. The number of hydrogen-bond donors (Lipinski definition) is 0.